The lowest BCUT2D eigenvalue weighted by Crippen LogP contribution is -2.36. The normalized spacial score (nSPS) is 14.4. The van der Waals surface area contributed by atoms with Gasteiger partial charge in [-0.05, 0) is 35.9 Å². The maximum atomic E-state index is 13.7. The van der Waals surface area contributed by atoms with Crippen LogP contribution in [0.3, 0.4) is 0 Å². The molecule has 1 aliphatic heterocycles. The van der Waals surface area contributed by atoms with E-state index in [0.29, 0.717) is 6.54 Å². The van der Waals surface area contributed by atoms with Crippen molar-refractivity contribution in [2.24, 2.45) is 0 Å². The third kappa shape index (κ3) is 4.14. The van der Waals surface area contributed by atoms with Crippen molar-refractivity contribution in [2.45, 2.75) is 6.54 Å². The molecule has 132 valence electrons. The Kier molecular flexibility index (Phi) is 5.28. The van der Waals surface area contributed by atoms with Gasteiger partial charge in [0.15, 0.2) is 0 Å². The first-order chi connectivity index (χ1) is 12.0. The summed E-state index contributed by atoms with van der Waals surface area (Å²) in [4.78, 5) is 16.0. The Morgan fingerprint density at radius 3 is 2.48 bits per heavy atom. The second-order valence-electron chi connectivity index (χ2n) is 6.05. The Hall–Kier alpha value is -2.47. The average Bonchev–Trinajstić information content (AvgIpc) is 2.64. The summed E-state index contributed by atoms with van der Waals surface area (Å²) in [6, 6.07) is 10.8. The minimum atomic E-state index is -0.721. The van der Waals surface area contributed by atoms with E-state index in [-0.39, 0.29) is 5.56 Å². The van der Waals surface area contributed by atoms with E-state index in [1.807, 2.05) is 24.3 Å². The molecule has 2 aromatic rings. The monoisotopic (exact) mass is 346 g/mol. The zero-order valence-corrected chi connectivity index (χ0v) is 14.0. The fourth-order valence-corrected chi connectivity index (χ4v) is 2.85. The highest BCUT2D eigenvalue weighted by atomic mass is 19.1. The van der Waals surface area contributed by atoms with Crippen LogP contribution in [-0.4, -0.2) is 44.2 Å². The highest BCUT2D eigenvalue weighted by Gasteiger charge is 2.17. The summed E-state index contributed by atoms with van der Waals surface area (Å²) in [6.07, 6.45) is 0. The molecule has 0 N–H and O–H groups in total. The topological polar surface area (TPSA) is 32.8 Å². The Labute approximate surface area is 145 Å². The second-order valence-corrected chi connectivity index (χ2v) is 6.05. The smallest absolute Gasteiger partial charge is 0.256 e. The maximum absolute atomic E-state index is 13.7. The van der Waals surface area contributed by atoms with E-state index in [1.54, 1.807) is 7.05 Å². The van der Waals surface area contributed by atoms with Gasteiger partial charge in [0.1, 0.15) is 11.6 Å². The van der Waals surface area contributed by atoms with Crippen LogP contribution >= 0.6 is 0 Å². The molecule has 1 amide bonds. The van der Waals surface area contributed by atoms with E-state index in [2.05, 4.69) is 4.90 Å². The van der Waals surface area contributed by atoms with Gasteiger partial charge in [0.2, 0.25) is 0 Å². The molecular formula is C19H20F2N2O2. The molecule has 25 heavy (non-hydrogen) atoms. The number of benzene rings is 2. The van der Waals surface area contributed by atoms with Crippen LogP contribution in [0.2, 0.25) is 0 Å². The zero-order chi connectivity index (χ0) is 17.8. The number of rotatable bonds is 4. The number of nitrogens with zero attached hydrogens (tertiary/aromatic N) is 2. The number of hydrogen-bond acceptors (Lipinski definition) is 3. The minimum Gasteiger partial charge on any atom is -0.378 e. The summed E-state index contributed by atoms with van der Waals surface area (Å²) < 4.78 is 32.4. The lowest BCUT2D eigenvalue weighted by Gasteiger charge is -2.29. The van der Waals surface area contributed by atoms with Crippen molar-refractivity contribution < 1.29 is 18.3 Å². The largest absolute Gasteiger partial charge is 0.378 e. The third-order valence-electron chi connectivity index (χ3n) is 4.24. The number of carbonyl (C=O) groups is 1. The van der Waals surface area contributed by atoms with Gasteiger partial charge in [-0.1, -0.05) is 12.1 Å². The van der Waals surface area contributed by atoms with Crippen LogP contribution in [0.4, 0.5) is 14.5 Å². The van der Waals surface area contributed by atoms with Gasteiger partial charge < -0.3 is 14.5 Å². The Morgan fingerprint density at radius 1 is 1.12 bits per heavy atom. The maximum Gasteiger partial charge on any atom is 0.256 e. The average molecular weight is 346 g/mol. The van der Waals surface area contributed by atoms with Crippen LogP contribution in [0, 0.1) is 11.6 Å². The zero-order valence-electron chi connectivity index (χ0n) is 14.0. The number of amides is 1. The van der Waals surface area contributed by atoms with Crippen molar-refractivity contribution in [3.05, 3.63) is 65.2 Å². The molecule has 0 saturated carbocycles. The molecular weight excluding hydrogens is 326 g/mol. The molecule has 1 fully saturated rings. The van der Waals surface area contributed by atoms with Crippen LogP contribution in [-0.2, 0) is 11.3 Å². The lowest BCUT2D eigenvalue weighted by atomic mass is 10.1. The number of halogens is 2. The van der Waals surface area contributed by atoms with E-state index in [9.17, 15) is 13.6 Å². The van der Waals surface area contributed by atoms with Crippen LogP contribution in [0.5, 0.6) is 0 Å². The van der Waals surface area contributed by atoms with Crippen LogP contribution in [0.25, 0.3) is 0 Å². The molecule has 0 aliphatic carbocycles. The van der Waals surface area contributed by atoms with Gasteiger partial charge in [0.25, 0.3) is 5.91 Å². The van der Waals surface area contributed by atoms with E-state index < -0.39 is 17.5 Å². The molecule has 0 unspecified atom stereocenters. The quantitative estimate of drug-likeness (QED) is 0.853. The first kappa shape index (κ1) is 17.4. The molecule has 0 spiro atoms. The van der Waals surface area contributed by atoms with Crippen molar-refractivity contribution >= 4 is 11.6 Å². The highest BCUT2D eigenvalue weighted by molar-refractivity contribution is 5.94. The Bertz CT molecular complexity index is 744. The van der Waals surface area contributed by atoms with E-state index in [0.717, 1.165) is 55.8 Å². The van der Waals surface area contributed by atoms with Gasteiger partial charge in [0, 0.05) is 32.4 Å². The summed E-state index contributed by atoms with van der Waals surface area (Å²) in [6.45, 7) is 3.47. The van der Waals surface area contributed by atoms with Crippen LogP contribution in [0.1, 0.15) is 15.9 Å². The minimum absolute atomic E-state index is 0.257. The molecule has 4 nitrogen and oxygen atoms in total. The number of morpholine rings is 1. The van der Waals surface area contributed by atoms with Gasteiger partial charge in [-0.3, -0.25) is 4.79 Å². The van der Waals surface area contributed by atoms with Crippen LogP contribution < -0.4 is 4.90 Å². The number of carbonyl (C=O) groups excluding carboxylic acids is 1. The fourth-order valence-electron chi connectivity index (χ4n) is 2.85. The van der Waals surface area contributed by atoms with Crippen molar-refractivity contribution in [2.75, 3.05) is 38.3 Å². The molecule has 1 aliphatic rings. The van der Waals surface area contributed by atoms with Gasteiger partial charge in [-0.15, -0.1) is 0 Å². The summed E-state index contributed by atoms with van der Waals surface area (Å²) in [5.74, 6) is -1.90. The van der Waals surface area contributed by atoms with Crippen molar-refractivity contribution in [3.8, 4) is 0 Å². The first-order valence-electron chi connectivity index (χ1n) is 8.17. The summed E-state index contributed by atoms with van der Waals surface area (Å²) in [5.41, 5.74) is 1.77. The molecule has 0 atom stereocenters. The molecule has 0 radical (unpaired) electrons. The van der Waals surface area contributed by atoms with Crippen molar-refractivity contribution in [1.82, 2.24) is 4.90 Å². The SMILES string of the molecule is CN(Cc1ccc(N2CCOCC2)cc1)C(=O)c1cc(F)ccc1F. The molecule has 6 heteroatoms. The number of hydrogen-bond donors (Lipinski definition) is 0. The molecule has 0 aromatic heterocycles. The summed E-state index contributed by atoms with van der Waals surface area (Å²) in [5, 5.41) is 0. The van der Waals surface area contributed by atoms with E-state index in [4.69, 9.17) is 4.74 Å². The molecule has 3 rings (SSSR count). The van der Waals surface area contributed by atoms with E-state index >= 15 is 0 Å². The second kappa shape index (κ2) is 7.61. The molecule has 1 saturated heterocycles. The van der Waals surface area contributed by atoms with Crippen LogP contribution in [0.15, 0.2) is 42.5 Å². The number of anilines is 1. The summed E-state index contributed by atoms with van der Waals surface area (Å²) >= 11 is 0. The molecule has 1 heterocycles. The van der Waals surface area contributed by atoms with E-state index in [1.165, 1.54) is 4.90 Å². The van der Waals surface area contributed by atoms with Gasteiger partial charge >= 0.3 is 0 Å². The Morgan fingerprint density at radius 2 is 1.80 bits per heavy atom. The van der Waals surface area contributed by atoms with Crippen molar-refractivity contribution in [1.29, 1.82) is 0 Å². The predicted molar refractivity (Wildman–Crippen MR) is 91.6 cm³/mol. The molecule has 0 bridgehead atoms. The highest BCUT2D eigenvalue weighted by Crippen LogP contribution is 2.18. The Balaban J connectivity index is 1.67. The van der Waals surface area contributed by atoms with Gasteiger partial charge in [0.05, 0.1) is 18.8 Å². The fraction of sp³-hybridized carbons (Fsp3) is 0.316. The summed E-state index contributed by atoms with van der Waals surface area (Å²) in [7, 11) is 1.57. The third-order valence-corrected chi connectivity index (χ3v) is 4.24. The first-order valence-corrected chi connectivity index (χ1v) is 8.17. The number of ether oxygens (including phenoxy) is 1. The van der Waals surface area contributed by atoms with Gasteiger partial charge in [-0.25, -0.2) is 8.78 Å². The lowest BCUT2D eigenvalue weighted by molar-refractivity contribution is 0.0780. The van der Waals surface area contributed by atoms with Crippen molar-refractivity contribution in [3.63, 3.8) is 0 Å². The van der Waals surface area contributed by atoms with Gasteiger partial charge in [-0.2, -0.15) is 0 Å². The molecule has 2 aromatic carbocycles. The predicted octanol–water partition coefficient (Wildman–Crippen LogP) is 3.07. The standard InChI is InChI=1S/C19H20F2N2O2/c1-22(19(24)17-12-15(20)4-7-18(17)21)13-14-2-5-16(6-3-14)23-8-10-25-11-9-23/h2-7,12H,8-11,13H2,1H3.